The molecule has 0 aromatic carbocycles. The topological polar surface area (TPSA) is 24.7 Å². The minimum Gasteiger partial charge on any atom is -0.291 e. The van der Waals surface area contributed by atoms with Gasteiger partial charge < -0.3 is 0 Å². The predicted molar refractivity (Wildman–Crippen MR) is 35.9 cm³/mol. The van der Waals surface area contributed by atoms with E-state index in [1.54, 1.807) is 13.3 Å². The van der Waals surface area contributed by atoms with E-state index >= 15 is 0 Å². The lowest BCUT2D eigenvalue weighted by molar-refractivity contribution is 1.27. The fourth-order valence-corrected chi connectivity index (χ4v) is 0.559. The number of dihydropyridines is 1. The molecule has 0 atom stereocenters. The highest BCUT2D eigenvalue weighted by Gasteiger charge is 1.90. The Morgan fingerprint density at radius 2 is 2.62 bits per heavy atom. The van der Waals surface area contributed by atoms with E-state index < -0.39 is 0 Å². The minimum atomic E-state index is 0.743. The van der Waals surface area contributed by atoms with Crippen LogP contribution in [0.2, 0.25) is 0 Å². The third kappa shape index (κ3) is 1.03. The Hall–Kier alpha value is -0.920. The van der Waals surface area contributed by atoms with Gasteiger partial charge in [0.05, 0.1) is 12.3 Å². The molecular formula is C6H8N2. The molecule has 0 unspecified atom stereocenters. The summed E-state index contributed by atoms with van der Waals surface area (Å²) in [6.45, 7) is 0.743. The summed E-state index contributed by atoms with van der Waals surface area (Å²) in [5.41, 5.74) is 1.05. The van der Waals surface area contributed by atoms with Gasteiger partial charge in [-0.25, -0.2) is 0 Å². The lowest BCUT2D eigenvalue weighted by atomic mass is 10.3. The van der Waals surface area contributed by atoms with Gasteiger partial charge in [-0.05, 0) is 12.2 Å². The van der Waals surface area contributed by atoms with Crippen LogP contribution in [0.15, 0.2) is 22.1 Å². The molecule has 2 nitrogen and oxygen atoms in total. The number of nitrogens with zero attached hydrogens (tertiary/aromatic N) is 2. The third-order valence-electron chi connectivity index (χ3n) is 1.02. The third-order valence-corrected chi connectivity index (χ3v) is 1.02. The van der Waals surface area contributed by atoms with E-state index in [2.05, 4.69) is 9.98 Å². The van der Waals surface area contributed by atoms with Crippen molar-refractivity contribution in [2.24, 2.45) is 9.98 Å². The lowest BCUT2D eigenvalue weighted by Gasteiger charge is -1.95. The number of allylic oxidation sites excluding steroid dienone is 1. The summed E-state index contributed by atoms with van der Waals surface area (Å²) < 4.78 is 0. The largest absolute Gasteiger partial charge is 0.291 e. The molecule has 0 fully saturated rings. The summed E-state index contributed by atoms with van der Waals surface area (Å²) >= 11 is 0. The van der Waals surface area contributed by atoms with Gasteiger partial charge in [0.2, 0.25) is 0 Å². The molecule has 1 aliphatic rings. The molecule has 0 saturated heterocycles. The van der Waals surface area contributed by atoms with Crippen molar-refractivity contribution in [1.29, 1.82) is 0 Å². The van der Waals surface area contributed by atoms with Crippen LogP contribution >= 0.6 is 0 Å². The first-order valence-electron chi connectivity index (χ1n) is 2.55. The molecule has 1 aliphatic heterocycles. The molecular weight excluding hydrogens is 100 g/mol. The molecule has 0 aromatic rings. The van der Waals surface area contributed by atoms with E-state index in [0.29, 0.717) is 0 Å². The zero-order chi connectivity index (χ0) is 5.82. The molecule has 0 spiro atoms. The molecule has 0 aliphatic carbocycles. The van der Waals surface area contributed by atoms with Crippen LogP contribution in [0.4, 0.5) is 0 Å². The molecule has 2 heteroatoms. The molecule has 0 aromatic heterocycles. The monoisotopic (exact) mass is 108 g/mol. The average molecular weight is 108 g/mol. The average Bonchev–Trinajstić information content (AvgIpc) is 1.90. The van der Waals surface area contributed by atoms with Crippen LogP contribution in [0.1, 0.15) is 0 Å². The Morgan fingerprint density at radius 3 is 3.00 bits per heavy atom. The zero-order valence-electron chi connectivity index (χ0n) is 4.83. The van der Waals surface area contributed by atoms with Crippen LogP contribution in [0, 0.1) is 0 Å². The van der Waals surface area contributed by atoms with Gasteiger partial charge in [0.1, 0.15) is 0 Å². The van der Waals surface area contributed by atoms with E-state index in [4.69, 9.17) is 0 Å². The molecule has 1 heterocycles. The first-order valence-corrected chi connectivity index (χ1v) is 2.55. The summed E-state index contributed by atoms with van der Waals surface area (Å²) in [4.78, 5) is 7.95. The summed E-state index contributed by atoms with van der Waals surface area (Å²) in [7, 11) is 1.78. The van der Waals surface area contributed by atoms with E-state index in [-0.39, 0.29) is 0 Å². The highest BCUT2D eigenvalue weighted by atomic mass is 14.8. The van der Waals surface area contributed by atoms with Gasteiger partial charge in [-0.2, -0.15) is 0 Å². The molecule has 0 saturated carbocycles. The Labute approximate surface area is 48.7 Å². The number of hydrogen-bond acceptors (Lipinski definition) is 2. The van der Waals surface area contributed by atoms with Crippen LogP contribution in [0.25, 0.3) is 0 Å². The highest BCUT2D eigenvalue weighted by molar-refractivity contribution is 6.02. The maximum atomic E-state index is 3.99. The summed E-state index contributed by atoms with van der Waals surface area (Å²) in [5, 5.41) is 0. The second kappa shape index (κ2) is 2.40. The van der Waals surface area contributed by atoms with Crippen LogP contribution in [-0.2, 0) is 0 Å². The summed E-state index contributed by atoms with van der Waals surface area (Å²) in [6.07, 6.45) is 5.65. The molecule has 1 rings (SSSR count). The molecule has 0 amide bonds. The lowest BCUT2D eigenvalue weighted by Crippen LogP contribution is -2.01. The van der Waals surface area contributed by atoms with Gasteiger partial charge in [-0.1, -0.05) is 0 Å². The maximum absolute atomic E-state index is 3.99. The number of rotatable bonds is 0. The summed E-state index contributed by atoms with van der Waals surface area (Å²) in [6, 6.07) is 0. The maximum Gasteiger partial charge on any atom is 0.0807 e. The Bertz CT molecular complexity index is 154. The van der Waals surface area contributed by atoms with Crippen molar-refractivity contribution < 1.29 is 0 Å². The van der Waals surface area contributed by atoms with E-state index in [1.807, 2.05) is 12.2 Å². The molecule has 0 radical (unpaired) electrons. The highest BCUT2D eigenvalue weighted by Crippen LogP contribution is 1.87. The SMILES string of the molecule is CN=C1C=CC=NC1. The molecule has 0 N–H and O–H groups in total. The van der Waals surface area contributed by atoms with E-state index in [1.165, 1.54) is 0 Å². The van der Waals surface area contributed by atoms with Gasteiger partial charge >= 0.3 is 0 Å². The number of hydrogen-bond donors (Lipinski definition) is 0. The summed E-state index contributed by atoms with van der Waals surface area (Å²) in [5.74, 6) is 0. The predicted octanol–water partition coefficient (Wildman–Crippen LogP) is 0.698. The van der Waals surface area contributed by atoms with Gasteiger partial charge in [0, 0.05) is 13.3 Å². The van der Waals surface area contributed by atoms with Gasteiger partial charge in [0.25, 0.3) is 0 Å². The first-order chi connectivity index (χ1) is 3.93. The van der Waals surface area contributed by atoms with Crippen LogP contribution in [0.3, 0.4) is 0 Å². The van der Waals surface area contributed by atoms with Crippen molar-refractivity contribution in [2.45, 2.75) is 0 Å². The minimum absolute atomic E-state index is 0.743. The zero-order valence-corrected chi connectivity index (χ0v) is 4.83. The van der Waals surface area contributed by atoms with Crippen LogP contribution in [0.5, 0.6) is 0 Å². The van der Waals surface area contributed by atoms with Crippen molar-refractivity contribution in [3.63, 3.8) is 0 Å². The quantitative estimate of drug-likeness (QED) is 0.436. The smallest absolute Gasteiger partial charge is 0.0807 e. The van der Waals surface area contributed by atoms with Crippen LogP contribution in [-0.4, -0.2) is 25.5 Å². The van der Waals surface area contributed by atoms with Crippen molar-refractivity contribution in [2.75, 3.05) is 13.6 Å². The normalized spacial score (nSPS) is 22.4. The number of aliphatic imine (C=N–C) groups is 2. The standard InChI is InChI=1S/C6H8N2/c1-7-6-3-2-4-8-5-6/h2-4H,5H2,1H3. The van der Waals surface area contributed by atoms with Gasteiger partial charge in [0.15, 0.2) is 0 Å². The fourth-order valence-electron chi connectivity index (χ4n) is 0.559. The molecule has 8 heavy (non-hydrogen) atoms. The fraction of sp³-hybridized carbons (Fsp3) is 0.333. The van der Waals surface area contributed by atoms with Crippen molar-refractivity contribution in [3.05, 3.63) is 12.2 Å². The first kappa shape index (κ1) is 5.22. The van der Waals surface area contributed by atoms with Gasteiger partial charge in [-0.15, -0.1) is 0 Å². The van der Waals surface area contributed by atoms with Crippen LogP contribution < -0.4 is 0 Å². The Kier molecular flexibility index (Phi) is 1.57. The van der Waals surface area contributed by atoms with E-state index in [0.717, 1.165) is 12.3 Å². The second-order valence-corrected chi connectivity index (χ2v) is 1.56. The van der Waals surface area contributed by atoms with Gasteiger partial charge in [-0.3, -0.25) is 9.98 Å². The molecule has 42 valence electrons. The van der Waals surface area contributed by atoms with Crippen molar-refractivity contribution >= 4 is 11.9 Å². The Balaban J connectivity index is 2.66. The van der Waals surface area contributed by atoms with Crippen molar-refractivity contribution in [3.8, 4) is 0 Å². The Morgan fingerprint density at radius 1 is 1.75 bits per heavy atom. The van der Waals surface area contributed by atoms with Crippen molar-refractivity contribution in [1.82, 2.24) is 0 Å². The molecule has 0 bridgehead atoms. The second-order valence-electron chi connectivity index (χ2n) is 1.56. The van der Waals surface area contributed by atoms with E-state index in [9.17, 15) is 0 Å².